The maximum atomic E-state index is 4.48. The van der Waals surface area contributed by atoms with Crippen LogP contribution in [-0.4, -0.2) is 42.7 Å². The molecule has 4 heterocycles. The molecule has 0 bridgehead atoms. The standard InChI is InChI=1S/C18H23N7S/c1-24-10-15(9-22-24)12-25-5-2-3-14(11-25)7-16-8-17(21-13-20-16)23-18-19-4-6-26-18/h4,6,8-10,13-14H,2-3,5,7,11-12H2,1H3,(H,19,20,21,23). The van der Waals surface area contributed by atoms with Crippen LogP contribution in [0.5, 0.6) is 0 Å². The molecule has 1 atom stereocenters. The fraction of sp³-hybridized carbons (Fsp3) is 0.444. The third-order valence-corrected chi connectivity index (χ3v) is 5.35. The molecule has 1 aliphatic heterocycles. The first-order valence-electron chi connectivity index (χ1n) is 8.92. The van der Waals surface area contributed by atoms with Crippen molar-refractivity contribution in [3.63, 3.8) is 0 Å². The molecule has 0 saturated carbocycles. The Morgan fingerprint density at radius 2 is 2.27 bits per heavy atom. The predicted octanol–water partition coefficient (Wildman–Crippen LogP) is 2.86. The third-order valence-electron chi connectivity index (χ3n) is 4.66. The van der Waals surface area contributed by atoms with E-state index in [4.69, 9.17) is 0 Å². The molecule has 1 N–H and O–H groups in total. The minimum Gasteiger partial charge on any atom is -0.316 e. The van der Waals surface area contributed by atoms with Crippen molar-refractivity contribution in [3.8, 4) is 0 Å². The molecule has 0 amide bonds. The summed E-state index contributed by atoms with van der Waals surface area (Å²) in [6.45, 7) is 3.24. The fourth-order valence-electron chi connectivity index (χ4n) is 3.54. The summed E-state index contributed by atoms with van der Waals surface area (Å²) in [5.41, 5.74) is 2.37. The summed E-state index contributed by atoms with van der Waals surface area (Å²) in [6, 6.07) is 2.04. The maximum Gasteiger partial charge on any atom is 0.188 e. The van der Waals surface area contributed by atoms with Gasteiger partial charge in [0, 0.05) is 55.2 Å². The normalized spacial score (nSPS) is 18.1. The van der Waals surface area contributed by atoms with E-state index in [0.29, 0.717) is 5.92 Å². The van der Waals surface area contributed by atoms with E-state index >= 15 is 0 Å². The monoisotopic (exact) mass is 369 g/mol. The van der Waals surface area contributed by atoms with Crippen LogP contribution in [-0.2, 0) is 20.0 Å². The first-order valence-corrected chi connectivity index (χ1v) is 9.80. The second kappa shape index (κ2) is 7.92. The van der Waals surface area contributed by atoms with E-state index in [2.05, 4.69) is 36.5 Å². The number of anilines is 2. The van der Waals surface area contributed by atoms with Gasteiger partial charge in [0.05, 0.1) is 6.20 Å². The van der Waals surface area contributed by atoms with E-state index < -0.39 is 0 Å². The number of nitrogens with zero attached hydrogens (tertiary/aromatic N) is 6. The Bertz CT molecular complexity index is 830. The van der Waals surface area contributed by atoms with Gasteiger partial charge in [0.2, 0.25) is 0 Å². The lowest BCUT2D eigenvalue weighted by atomic mass is 9.93. The van der Waals surface area contributed by atoms with Gasteiger partial charge in [0.1, 0.15) is 12.1 Å². The van der Waals surface area contributed by atoms with Crippen LogP contribution in [0.3, 0.4) is 0 Å². The van der Waals surface area contributed by atoms with E-state index in [1.54, 1.807) is 23.9 Å². The molecule has 0 aliphatic carbocycles. The Labute approximate surface area is 157 Å². The zero-order chi connectivity index (χ0) is 17.8. The number of aromatic nitrogens is 5. The summed E-state index contributed by atoms with van der Waals surface area (Å²) in [5.74, 6) is 1.44. The molecular formula is C18H23N7S. The highest BCUT2D eigenvalue weighted by atomic mass is 32.1. The van der Waals surface area contributed by atoms with Crippen LogP contribution >= 0.6 is 11.3 Å². The van der Waals surface area contributed by atoms with Crippen LogP contribution in [0.15, 0.2) is 36.4 Å². The molecule has 8 heteroatoms. The number of aryl methyl sites for hydroxylation is 1. The molecule has 3 aromatic heterocycles. The molecule has 7 nitrogen and oxygen atoms in total. The van der Waals surface area contributed by atoms with Gasteiger partial charge in [-0.3, -0.25) is 9.58 Å². The Morgan fingerprint density at radius 1 is 1.31 bits per heavy atom. The smallest absolute Gasteiger partial charge is 0.188 e. The molecule has 4 rings (SSSR count). The lowest BCUT2D eigenvalue weighted by Crippen LogP contribution is -2.35. The summed E-state index contributed by atoms with van der Waals surface area (Å²) in [5, 5.41) is 10.3. The number of likely N-dealkylation sites (tertiary alicyclic amines) is 1. The highest BCUT2D eigenvalue weighted by molar-refractivity contribution is 7.13. The summed E-state index contributed by atoms with van der Waals surface area (Å²) in [7, 11) is 1.97. The van der Waals surface area contributed by atoms with Gasteiger partial charge in [0.25, 0.3) is 0 Å². The Balaban J connectivity index is 1.35. The van der Waals surface area contributed by atoms with Crippen molar-refractivity contribution in [2.24, 2.45) is 13.0 Å². The number of thiazole rings is 1. The van der Waals surface area contributed by atoms with Gasteiger partial charge >= 0.3 is 0 Å². The van der Waals surface area contributed by atoms with Gasteiger partial charge < -0.3 is 5.32 Å². The lowest BCUT2D eigenvalue weighted by molar-refractivity contribution is 0.166. The zero-order valence-corrected chi connectivity index (χ0v) is 15.7. The SMILES string of the molecule is Cn1cc(CN2CCCC(Cc3cc(Nc4nccs4)ncn3)C2)cn1. The molecule has 136 valence electrons. The van der Waals surface area contributed by atoms with Crippen molar-refractivity contribution in [3.05, 3.63) is 47.6 Å². The van der Waals surface area contributed by atoms with Crippen LogP contribution in [0.25, 0.3) is 0 Å². The van der Waals surface area contributed by atoms with Gasteiger partial charge in [-0.05, 0) is 31.7 Å². The van der Waals surface area contributed by atoms with Crippen molar-refractivity contribution in [1.82, 2.24) is 29.6 Å². The molecule has 1 saturated heterocycles. The second-order valence-corrected chi connectivity index (χ2v) is 7.72. The molecule has 1 unspecified atom stereocenters. The van der Waals surface area contributed by atoms with E-state index in [9.17, 15) is 0 Å². The van der Waals surface area contributed by atoms with Crippen LogP contribution < -0.4 is 5.32 Å². The number of nitrogens with one attached hydrogen (secondary N) is 1. The quantitative estimate of drug-likeness (QED) is 0.720. The number of hydrogen-bond acceptors (Lipinski definition) is 7. The molecule has 26 heavy (non-hydrogen) atoms. The van der Waals surface area contributed by atoms with Crippen molar-refractivity contribution in [2.45, 2.75) is 25.8 Å². The molecule has 0 spiro atoms. The third kappa shape index (κ3) is 4.44. The first kappa shape index (κ1) is 17.1. The van der Waals surface area contributed by atoms with Gasteiger partial charge in [-0.1, -0.05) is 0 Å². The topological polar surface area (TPSA) is 71.8 Å². The molecule has 0 aromatic carbocycles. The van der Waals surface area contributed by atoms with E-state index in [1.807, 2.05) is 29.4 Å². The summed E-state index contributed by atoms with van der Waals surface area (Å²) >= 11 is 1.57. The highest BCUT2D eigenvalue weighted by Gasteiger charge is 2.21. The summed E-state index contributed by atoms with van der Waals surface area (Å²) in [4.78, 5) is 15.6. The largest absolute Gasteiger partial charge is 0.316 e. The van der Waals surface area contributed by atoms with Crippen molar-refractivity contribution < 1.29 is 0 Å². The van der Waals surface area contributed by atoms with E-state index in [0.717, 1.165) is 42.7 Å². The molecule has 0 radical (unpaired) electrons. The predicted molar refractivity (Wildman–Crippen MR) is 102 cm³/mol. The maximum absolute atomic E-state index is 4.48. The van der Waals surface area contributed by atoms with E-state index in [1.165, 1.54) is 18.4 Å². The minimum atomic E-state index is 0.628. The number of hydrogen-bond donors (Lipinski definition) is 1. The Kier molecular flexibility index (Phi) is 5.21. The van der Waals surface area contributed by atoms with Crippen LogP contribution in [0.4, 0.5) is 10.9 Å². The van der Waals surface area contributed by atoms with E-state index in [-0.39, 0.29) is 0 Å². The molecular weight excluding hydrogens is 346 g/mol. The number of rotatable bonds is 6. The molecule has 1 aliphatic rings. The number of piperidine rings is 1. The minimum absolute atomic E-state index is 0.628. The van der Waals surface area contributed by atoms with Gasteiger partial charge in [0.15, 0.2) is 5.13 Å². The zero-order valence-electron chi connectivity index (χ0n) is 14.9. The van der Waals surface area contributed by atoms with Gasteiger partial charge in [-0.25, -0.2) is 15.0 Å². The van der Waals surface area contributed by atoms with Gasteiger partial charge in [-0.15, -0.1) is 11.3 Å². The fourth-order valence-corrected chi connectivity index (χ4v) is 4.08. The molecule has 3 aromatic rings. The van der Waals surface area contributed by atoms with Gasteiger partial charge in [-0.2, -0.15) is 5.10 Å². The van der Waals surface area contributed by atoms with Crippen LogP contribution in [0, 0.1) is 5.92 Å². The Morgan fingerprint density at radius 3 is 3.08 bits per heavy atom. The van der Waals surface area contributed by atoms with Crippen LogP contribution in [0.1, 0.15) is 24.1 Å². The second-order valence-electron chi connectivity index (χ2n) is 6.83. The summed E-state index contributed by atoms with van der Waals surface area (Å²) in [6.07, 6.45) is 11.0. The molecule has 1 fully saturated rings. The highest BCUT2D eigenvalue weighted by Crippen LogP contribution is 2.23. The van der Waals surface area contributed by atoms with Crippen molar-refractivity contribution in [2.75, 3.05) is 18.4 Å². The van der Waals surface area contributed by atoms with Crippen molar-refractivity contribution in [1.29, 1.82) is 0 Å². The first-order chi connectivity index (χ1) is 12.7. The Hall–Kier alpha value is -2.32. The average Bonchev–Trinajstić information content (AvgIpc) is 3.27. The summed E-state index contributed by atoms with van der Waals surface area (Å²) < 4.78 is 1.87. The average molecular weight is 369 g/mol. The van der Waals surface area contributed by atoms with Crippen molar-refractivity contribution >= 4 is 22.3 Å². The lowest BCUT2D eigenvalue weighted by Gasteiger charge is -2.32. The van der Waals surface area contributed by atoms with Crippen LogP contribution in [0.2, 0.25) is 0 Å².